The molecule has 2 aromatic carbocycles. The zero-order valence-electron chi connectivity index (χ0n) is 16.1. The third-order valence-electron chi connectivity index (χ3n) is 4.84. The first-order valence-electron chi connectivity index (χ1n) is 9.16. The molecule has 0 saturated carbocycles. The number of carbonyl (C=O) groups is 2. The number of anilines is 1. The van der Waals surface area contributed by atoms with Crippen LogP contribution in [0.3, 0.4) is 0 Å². The van der Waals surface area contributed by atoms with Gasteiger partial charge in [0.1, 0.15) is 5.75 Å². The number of nitrogens with zero attached hydrogens (tertiary/aromatic N) is 3. The van der Waals surface area contributed by atoms with Gasteiger partial charge < -0.3 is 19.4 Å². The Kier molecular flexibility index (Phi) is 4.99. The maximum absolute atomic E-state index is 13.1. The van der Waals surface area contributed by atoms with E-state index in [2.05, 4.69) is 15.5 Å². The molecule has 3 aromatic rings. The second-order valence-corrected chi connectivity index (χ2v) is 6.79. The summed E-state index contributed by atoms with van der Waals surface area (Å²) in [5, 5.41) is 10.9. The van der Waals surface area contributed by atoms with Gasteiger partial charge in [-0.25, -0.2) is 0 Å². The quantitative estimate of drug-likeness (QED) is 0.717. The lowest BCUT2D eigenvalue weighted by atomic mass is 9.89. The Labute approximate surface area is 167 Å². The van der Waals surface area contributed by atoms with Gasteiger partial charge in [0.25, 0.3) is 0 Å². The summed E-state index contributed by atoms with van der Waals surface area (Å²) in [5.74, 6) is 0.224. The van der Waals surface area contributed by atoms with Gasteiger partial charge in [0, 0.05) is 19.0 Å². The molecule has 1 aromatic heterocycles. The van der Waals surface area contributed by atoms with Crippen molar-refractivity contribution in [3.05, 3.63) is 60.0 Å². The molecule has 4 rings (SSSR count). The number of likely N-dealkylation sites (N-methyl/N-ethyl adjacent to an activating group) is 1. The average molecular weight is 392 g/mol. The van der Waals surface area contributed by atoms with Gasteiger partial charge in [-0.05, 0) is 23.8 Å². The zero-order chi connectivity index (χ0) is 20.4. The number of para-hydroxylation sites is 1. The molecule has 2 heterocycles. The van der Waals surface area contributed by atoms with E-state index in [-0.39, 0.29) is 24.8 Å². The summed E-state index contributed by atoms with van der Waals surface area (Å²) in [6, 6.07) is 14.8. The van der Waals surface area contributed by atoms with Gasteiger partial charge in [0.15, 0.2) is 0 Å². The standard InChI is InChI=1S/C21H20N4O4/c1-25(12-18-23-24-20(29-18)13-7-4-3-5-8-13)21(27)15-11-17(26)22-19-14(15)9-6-10-16(19)28-2/h3-10,15H,11-12H2,1-2H3,(H,22,26). The molecular weight excluding hydrogens is 372 g/mol. The largest absolute Gasteiger partial charge is 0.495 e. The van der Waals surface area contributed by atoms with Crippen LogP contribution in [-0.2, 0) is 16.1 Å². The third kappa shape index (κ3) is 3.69. The Morgan fingerprint density at radius 1 is 1.21 bits per heavy atom. The molecule has 1 N–H and O–H groups in total. The molecule has 0 radical (unpaired) electrons. The number of amides is 2. The second-order valence-electron chi connectivity index (χ2n) is 6.79. The van der Waals surface area contributed by atoms with Gasteiger partial charge in [-0.3, -0.25) is 9.59 Å². The van der Waals surface area contributed by atoms with Crippen LogP contribution in [0, 0.1) is 0 Å². The third-order valence-corrected chi connectivity index (χ3v) is 4.84. The van der Waals surface area contributed by atoms with Gasteiger partial charge in [-0.15, -0.1) is 10.2 Å². The van der Waals surface area contributed by atoms with Crippen LogP contribution in [0.2, 0.25) is 0 Å². The highest BCUT2D eigenvalue weighted by atomic mass is 16.5. The van der Waals surface area contributed by atoms with Crippen LogP contribution >= 0.6 is 0 Å². The highest BCUT2D eigenvalue weighted by Gasteiger charge is 2.34. The van der Waals surface area contributed by atoms with Crippen molar-refractivity contribution in [2.45, 2.75) is 18.9 Å². The molecule has 8 heteroatoms. The molecule has 8 nitrogen and oxygen atoms in total. The van der Waals surface area contributed by atoms with Crippen LogP contribution in [-0.4, -0.2) is 41.1 Å². The number of benzene rings is 2. The highest BCUT2D eigenvalue weighted by Crippen LogP contribution is 2.39. The molecule has 0 spiro atoms. The fourth-order valence-corrected chi connectivity index (χ4v) is 3.41. The summed E-state index contributed by atoms with van der Waals surface area (Å²) in [5.41, 5.74) is 2.09. The number of aromatic nitrogens is 2. The van der Waals surface area contributed by atoms with Crippen LogP contribution in [0.5, 0.6) is 5.75 Å². The monoisotopic (exact) mass is 392 g/mol. The molecule has 1 aliphatic heterocycles. The normalized spacial score (nSPS) is 15.4. The maximum atomic E-state index is 13.1. The smallest absolute Gasteiger partial charge is 0.247 e. The van der Waals surface area contributed by atoms with Crippen molar-refractivity contribution < 1.29 is 18.7 Å². The molecule has 148 valence electrons. The minimum atomic E-state index is -0.602. The van der Waals surface area contributed by atoms with E-state index >= 15 is 0 Å². The minimum absolute atomic E-state index is 0.0719. The van der Waals surface area contributed by atoms with Crippen molar-refractivity contribution in [3.63, 3.8) is 0 Å². The van der Waals surface area contributed by atoms with Crippen LogP contribution < -0.4 is 10.1 Å². The lowest BCUT2D eigenvalue weighted by Gasteiger charge is -2.28. The van der Waals surface area contributed by atoms with Gasteiger partial charge >= 0.3 is 0 Å². The SMILES string of the molecule is COc1cccc2c1NC(=O)CC2C(=O)N(C)Cc1nnc(-c2ccccc2)o1. The second kappa shape index (κ2) is 7.75. The summed E-state index contributed by atoms with van der Waals surface area (Å²) in [6.07, 6.45) is 0.0719. The number of rotatable bonds is 5. The molecule has 2 amide bonds. The van der Waals surface area contributed by atoms with Crippen molar-refractivity contribution in [1.29, 1.82) is 0 Å². The van der Waals surface area contributed by atoms with E-state index in [1.165, 1.54) is 12.0 Å². The van der Waals surface area contributed by atoms with E-state index in [4.69, 9.17) is 9.15 Å². The number of nitrogens with one attached hydrogen (secondary N) is 1. The molecule has 0 fully saturated rings. The molecule has 1 unspecified atom stereocenters. The molecule has 1 atom stereocenters. The van der Waals surface area contributed by atoms with Crippen molar-refractivity contribution in [3.8, 4) is 17.2 Å². The molecule has 1 aliphatic rings. The first kappa shape index (κ1) is 18.7. The first-order valence-corrected chi connectivity index (χ1v) is 9.16. The first-order chi connectivity index (χ1) is 14.1. The lowest BCUT2D eigenvalue weighted by Crippen LogP contribution is -2.36. The van der Waals surface area contributed by atoms with E-state index in [1.807, 2.05) is 36.4 Å². The average Bonchev–Trinajstić information content (AvgIpc) is 3.21. The van der Waals surface area contributed by atoms with Gasteiger partial charge in [-0.2, -0.15) is 0 Å². The van der Waals surface area contributed by atoms with E-state index < -0.39 is 5.92 Å². The Morgan fingerprint density at radius 3 is 2.76 bits per heavy atom. The van der Waals surface area contributed by atoms with Crippen molar-refractivity contribution >= 4 is 17.5 Å². The summed E-state index contributed by atoms with van der Waals surface area (Å²) >= 11 is 0. The number of hydrogen-bond donors (Lipinski definition) is 1. The predicted molar refractivity (Wildman–Crippen MR) is 105 cm³/mol. The van der Waals surface area contributed by atoms with Crippen molar-refractivity contribution in [1.82, 2.24) is 15.1 Å². The topological polar surface area (TPSA) is 97.6 Å². The number of carbonyl (C=O) groups excluding carboxylic acids is 2. The Morgan fingerprint density at radius 2 is 2.00 bits per heavy atom. The number of methoxy groups -OCH3 is 1. The van der Waals surface area contributed by atoms with Crippen LogP contribution in [0.15, 0.2) is 52.9 Å². The number of hydrogen-bond acceptors (Lipinski definition) is 6. The van der Waals surface area contributed by atoms with Gasteiger partial charge in [0.05, 0.1) is 25.3 Å². The Balaban J connectivity index is 1.53. The number of fused-ring (bicyclic) bond motifs is 1. The summed E-state index contributed by atoms with van der Waals surface area (Å²) in [4.78, 5) is 26.8. The fraction of sp³-hybridized carbons (Fsp3) is 0.238. The van der Waals surface area contributed by atoms with Gasteiger partial charge in [-0.1, -0.05) is 30.3 Å². The maximum Gasteiger partial charge on any atom is 0.247 e. The van der Waals surface area contributed by atoms with Crippen molar-refractivity contribution in [2.24, 2.45) is 0 Å². The Hall–Kier alpha value is -3.68. The molecular formula is C21H20N4O4. The van der Waals surface area contributed by atoms with E-state index in [0.29, 0.717) is 23.2 Å². The zero-order valence-corrected chi connectivity index (χ0v) is 16.1. The lowest BCUT2D eigenvalue weighted by molar-refractivity contribution is -0.134. The molecule has 0 saturated heterocycles. The summed E-state index contributed by atoms with van der Waals surface area (Å²) in [6.45, 7) is 0.149. The van der Waals surface area contributed by atoms with Crippen LogP contribution in [0.4, 0.5) is 5.69 Å². The predicted octanol–water partition coefficient (Wildman–Crippen LogP) is 2.83. The van der Waals surface area contributed by atoms with E-state index in [0.717, 1.165) is 11.1 Å². The molecule has 29 heavy (non-hydrogen) atoms. The van der Waals surface area contributed by atoms with E-state index in [9.17, 15) is 9.59 Å². The van der Waals surface area contributed by atoms with Crippen LogP contribution in [0.1, 0.15) is 23.8 Å². The minimum Gasteiger partial charge on any atom is -0.495 e. The van der Waals surface area contributed by atoms with Gasteiger partial charge in [0.2, 0.25) is 23.6 Å². The van der Waals surface area contributed by atoms with E-state index in [1.54, 1.807) is 19.2 Å². The highest BCUT2D eigenvalue weighted by molar-refractivity contribution is 6.02. The summed E-state index contributed by atoms with van der Waals surface area (Å²) < 4.78 is 11.0. The van der Waals surface area contributed by atoms with Crippen molar-refractivity contribution in [2.75, 3.05) is 19.5 Å². The summed E-state index contributed by atoms with van der Waals surface area (Å²) in [7, 11) is 3.18. The van der Waals surface area contributed by atoms with Crippen LogP contribution in [0.25, 0.3) is 11.5 Å². The molecule has 0 aliphatic carbocycles. The Bertz CT molecular complexity index is 1050. The fourth-order valence-electron chi connectivity index (χ4n) is 3.41. The number of ether oxygens (including phenoxy) is 1. The molecule has 0 bridgehead atoms.